The third-order valence-corrected chi connectivity index (χ3v) is 5.40. The SMILES string of the molecule is COC(=O)C1(NC(=O)C(C)(N)C(C)(C)c2ccccc2)CCC1. The summed E-state index contributed by atoms with van der Waals surface area (Å²) < 4.78 is 4.85. The Labute approximate surface area is 137 Å². The summed E-state index contributed by atoms with van der Waals surface area (Å²) in [6.07, 6.45) is 2.07. The molecule has 0 spiro atoms. The minimum absolute atomic E-state index is 0.337. The van der Waals surface area contributed by atoms with Gasteiger partial charge in [-0.2, -0.15) is 0 Å². The van der Waals surface area contributed by atoms with Gasteiger partial charge in [-0.1, -0.05) is 44.2 Å². The van der Waals surface area contributed by atoms with Gasteiger partial charge in [0.05, 0.1) is 7.11 Å². The van der Waals surface area contributed by atoms with E-state index in [1.807, 2.05) is 44.2 Å². The molecule has 0 heterocycles. The molecule has 0 bridgehead atoms. The van der Waals surface area contributed by atoms with E-state index in [9.17, 15) is 9.59 Å². The monoisotopic (exact) mass is 318 g/mol. The Hall–Kier alpha value is -1.88. The van der Waals surface area contributed by atoms with Crippen LogP contribution in [0.25, 0.3) is 0 Å². The first-order valence-electron chi connectivity index (χ1n) is 7.93. The number of rotatable bonds is 5. The molecule has 126 valence electrons. The van der Waals surface area contributed by atoms with Crippen LogP contribution in [-0.2, 0) is 19.7 Å². The fourth-order valence-corrected chi connectivity index (χ4v) is 2.89. The van der Waals surface area contributed by atoms with Gasteiger partial charge >= 0.3 is 5.97 Å². The molecular weight excluding hydrogens is 292 g/mol. The van der Waals surface area contributed by atoms with E-state index in [2.05, 4.69) is 5.32 Å². The number of carbonyl (C=O) groups is 2. The summed E-state index contributed by atoms with van der Waals surface area (Å²) in [5, 5.41) is 2.86. The maximum Gasteiger partial charge on any atom is 0.331 e. The summed E-state index contributed by atoms with van der Waals surface area (Å²) in [5.41, 5.74) is 4.72. The molecule has 0 saturated heterocycles. The Kier molecular flexibility index (Phi) is 4.53. The van der Waals surface area contributed by atoms with Gasteiger partial charge in [0, 0.05) is 5.41 Å². The van der Waals surface area contributed by atoms with Crippen LogP contribution >= 0.6 is 0 Å². The van der Waals surface area contributed by atoms with Crippen LogP contribution < -0.4 is 11.1 Å². The van der Waals surface area contributed by atoms with Crippen LogP contribution in [0.5, 0.6) is 0 Å². The van der Waals surface area contributed by atoms with E-state index in [4.69, 9.17) is 10.5 Å². The van der Waals surface area contributed by atoms with Crippen molar-refractivity contribution in [1.82, 2.24) is 5.32 Å². The number of ether oxygens (including phenoxy) is 1. The molecule has 1 aliphatic carbocycles. The van der Waals surface area contributed by atoms with Crippen LogP contribution in [0.2, 0.25) is 0 Å². The summed E-state index contributed by atoms with van der Waals surface area (Å²) in [7, 11) is 1.34. The number of nitrogens with one attached hydrogen (secondary N) is 1. The van der Waals surface area contributed by atoms with Crippen LogP contribution in [0.15, 0.2) is 30.3 Å². The molecule has 1 saturated carbocycles. The highest BCUT2D eigenvalue weighted by Gasteiger charge is 2.52. The lowest BCUT2D eigenvalue weighted by atomic mass is 9.67. The van der Waals surface area contributed by atoms with E-state index in [-0.39, 0.29) is 5.91 Å². The summed E-state index contributed by atoms with van der Waals surface area (Å²) in [5.74, 6) is -0.734. The maximum atomic E-state index is 12.9. The van der Waals surface area contributed by atoms with E-state index < -0.39 is 22.5 Å². The minimum Gasteiger partial charge on any atom is -0.467 e. The first kappa shape index (κ1) is 17.5. The first-order valence-corrected chi connectivity index (χ1v) is 7.93. The lowest BCUT2D eigenvalue weighted by Gasteiger charge is -2.45. The molecule has 1 amide bonds. The number of methoxy groups -OCH3 is 1. The molecule has 1 aromatic carbocycles. The third-order valence-electron chi connectivity index (χ3n) is 5.40. The highest BCUT2D eigenvalue weighted by Crippen LogP contribution is 2.37. The van der Waals surface area contributed by atoms with Crippen LogP contribution in [0.3, 0.4) is 0 Å². The summed E-state index contributed by atoms with van der Waals surface area (Å²) in [6.45, 7) is 5.58. The normalized spacial score (nSPS) is 19.2. The standard InChI is InChI=1S/C18H26N2O3/c1-16(2,13-9-6-5-7-10-13)17(3,19)14(21)20-18(11-8-12-18)15(22)23-4/h5-7,9-10H,8,11-12,19H2,1-4H3,(H,20,21). The minimum atomic E-state index is -1.18. The van der Waals surface area contributed by atoms with Gasteiger partial charge in [-0.25, -0.2) is 4.79 Å². The van der Waals surface area contributed by atoms with Crippen LogP contribution in [0, 0.1) is 0 Å². The second-order valence-corrected chi connectivity index (χ2v) is 7.07. The van der Waals surface area contributed by atoms with Crippen molar-refractivity contribution in [2.45, 2.75) is 56.5 Å². The molecule has 1 aromatic rings. The van der Waals surface area contributed by atoms with E-state index in [0.29, 0.717) is 12.8 Å². The van der Waals surface area contributed by atoms with E-state index in [1.54, 1.807) is 6.92 Å². The van der Waals surface area contributed by atoms with Gasteiger partial charge in [0.15, 0.2) is 0 Å². The average molecular weight is 318 g/mol. The molecule has 5 heteroatoms. The number of hydrogen-bond donors (Lipinski definition) is 2. The molecule has 0 radical (unpaired) electrons. The number of esters is 1. The van der Waals surface area contributed by atoms with Gasteiger partial charge in [0.2, 0.25) is 5.91 Å². The van der Waals surface area contributed by atoms with Crippen LogP contribution in [-0.4, -0.2) is 30.1 Å². The Bertz CT molecular complexity index is 590. The zero-order valence-electron chi connectivity index (χ0n) is 14.3. The maximum absolute atomic E-state index is 12.9. The van der Waals surface area contributed by atoms with Crippen molar-refractivity contribution in [3.8, 4) is 0 Å². The van der Waals surface area contributed by atoms with Crippen LogP contribution in [0.4, 0.5) is 0 Å². The molecule has 23 heavy (non-hydrogen) atoms. The smallest absolute Gasteiger partial charge is 0.331 e. The zero-order chi connectivity index (χ0) is 17.3. The highest BCUT2D eigenvalue weighted by atomic mass is 16.5. The van der Waals surface area contributed by atoms with Gasteiger partial charge in [0.25, 0.3) is 0 Å². The lowest BCUT2D eigenvalue weighted by molar-refractivity contribution is -0.156. The van der Waals surface area contributed by atoms with E-state index >= 15 is 0 Å². The molecule has 0 aliphatic heterocycles. The topological polar surface area (TPSA) is 81.4 Å². The van der Waals surface area contributed by atoms with Crippen molar-refractivity contribution in [2.24, 2.45) is 5.73 Å². The molecule has 0 aromatic heterocycles. The lowest BCUT2D eigenvalue weighted by Crippen LogP contribution is -2.69. The zero-order valence-corrected chi connectivity index (χ0v) is 14.3. The van der Waals surface area contributed by atoms with Gasteiger partial charge in [-0.05, 0) is 31.7 Å². The Morgan fingerprint density at radius 3 is 2.17 bits per heavy atom. The summed E-state index contributed by atoms with van der Waals surface area (Å²) in [4.78, 5) is 24.9. The van der Waals surface area contributed by atoms with Gasteiger partial charge in [-0.15, -0.1) is 0 Å². The average Bonchev–Trinajstić information content (AvgIpc) is 2.50. The molecule has 1 atom stereocenters. The van der Waals surface area contributed by atoms with Crippen molar-refractivity contribution in [2.75, 3.05) is 7.11 Å². The molecule has 3 N–H and O–H groups in total. The predicted octanol–water partition coefficient (Wildman–Crippen LogP) is 1.89. The van der Waals surface area contributed by atoms with E-state index in [1.165, 1.54) is 7.11 Å². The Morgan fingerprint density at radius 1 is 1.17 bits per heavy atom. The second kappa shape index (κ2) is 5.96. The van der Waals surface area contributed by atoms with Crippen LogP contribution in [0.1, 0.15) is 45.6 Å². The molecule has 1 aliphatic rings. The number of benzene rings is 1. The molecular formula is C18H26N2O3. The predicted molar refractivity (Wildman–Crippen MR) is 88.8 cm³/mol. The largest absolute Gasteiger partial charge is 0.467 e. The highest BCUT2D eigenvalue weighted by molar-refractivity contribution is 5.94. The Balaban J connectivity index is 2.25. The van der Waals surface area contributed by atoms with Gasteiger partial charge in [0.1, 0.15) is 11.1 Å². The van der Waals surface area contributed by atoms with Gasteiger partial charge in [-0.3, -0.25) is 4.79 Å². The van der Waals surface area contributed by atoms with Crippen molar-refractivity contribution < 1.29 is 14.3 Å². The fraction of sp³-hybridized carbons (Fsp3) is 0.556. The molecule has 5 nitrogen and oxygen atoms in total. The molecule has 1 unspecified atom stereocenters. The van der Waals surface area contributed by atoms with Crippen molar-refractivity contribution in [1.29, 1.82) is 0 Å². The van der Waals surface area contributed by atoms with E-state index in [0.717, 1.165) is 12.0 Å². The Morgan fingerprint density at radius 2 is 1.74 bits per heavy atom. The van der Waals surface area contributed by atoms with Gasteiger partial charge < -0.3 is 15.8 Å². The second-order valence-electron chi connectivity index (χ2n) is 7.07. The third kappa shape index (κ3) is 2.85. The summed E-state index contributed by atoms with van der Waals surface area (Å²) in [6, 6.07) is 9.68. The fourth-order valence-electron chi connectivity index (χ4n) is 2.89. The number of hydrogen-bond acceptors (Lipinski definition) is 4. The molecule has 1 fully saturated rings. The summed E-state index contributed by atoms with van der Waals surface area (Å²) >= 11 is 0. The first-order chi connectivity index (χ1) is 10.7. The van der Waals surface area contributed by atoms with Crippen molar-refractivity contribution in [3.63, 3.8) is 0 Å². The molecule has 2 rings (SSSR count). The van der Waals surface area contributed by atoms with Crippen molar-refractivity contribution >= 4 is 11.9 Å². The number of carbonyl (C=O) groups excluding carboxylic acids is 2. The van der Waals surface area contributed by atoms with Crippen molar-refractivity contribution in [3.05, 3.63) is 35.9 Å². The quantitative estimate of drug-likeness (QED) is 0.812. The number of nitrogens with two attached hydrogens (primary N) is 1. The number of amides is 1.